The Hall–Kier alpha value is -0.520. The van der Waals surface area contributed by atoms with Gasteiger partial charge in [0.25, 0.3) is 0 Å². The van der Waals surface area contributed by atoms with E-state index in [9.17, 15) is 4.79 Å². The van der Waals surface area contributed by atoms with E-state index in [4.69, 9.17) is 5.73 Å². The number of hydrogen-bond acceptors (Lipinski definition) is 2. The Morgan fingerprint density at radius 2 is 2.22 bits per heavy atom. The lowest BCUT2D eigenvalue weighted by Crippen LogP contribution is -2.10. The summed E-state index contributed by atoms with van der Waals surface area (Å²) in [4.78, 5) is 13.6. The summed E-state index contributed by atoms with van der Waals surface area (Å²) in [6.45, 7) is 0. The van der Waals surface area contributed by atoms with Gasteiger partial charge in [-0.15, -0.1) is 0 Å². The second kappa shape index (κ2) is 2.38. The number of halogens is 1. The highest BCUT2D eigenvalue weighted by atomic mass is 127. The highest BCUT2D eigenvalue weighted by Gasteiger charge is 1.95. The Labute approximate surface area is 65.4 Å². The minimum Gasteiger partial charge on any atom is -0.394 e. The average molecular weight is 236 g/mol. The fourth-order valence-electron chi connectivity index (χ4n) is 0.474. The molecule has 0 aliphatic heterocycles. The minimum atomic E-state index is -0.102. The Morgan fingerprint density at radius 3 is 2.67 bits per heavy atom. The zero-order chi connectivity index (χ0) is 6.85. The van der Waals surface area contributed by atoms with E-state index >= 15 is 0 Å². The molecule has 0 amide bonds. The van der Waals surface area contributed by atoms with Crippen molar-refractivity contribution in [2.24, 2.45) is 0 Å². The van der Waals surface area contributed by atoms with Crippen LogP contribution in [0.1, 0.15) is 0 Å². The van der Waals surface area contributed by atoms with Gasteiger partial charge in [-0.25, -0.2) is 0 Å². The predicted octanol–water partition coefficient (Wildman–Crippen LogP) is 0.562. The van der Waals surface area contributed by atoms with E-state index in [1.165, 1.54) is 6.20 Å². The van der Waals surface area contributed by atoms with Crippen LogP contribution in [0, 0.1) is 3.57 Å². The summed E-state index contributed by atoms with van der Waals surface area (Å²) in [6.07, 6.45) is 3.09. The van der Waals surface area contributed by atoms with Crippen molar-refractivity contribution in [1.82, 2.24) is 4.98 Å². The Kier molecular flexibility index (Phi) is 1.75. The van der Waals surface area contributed by atoms with E-state index in [-0.39, 0.29) is 11.1 Å². The molecule has 1 aromatic rings. The number of H-pyrrole nitrogens is 1. The molecule has 0 spiro atoms. The molecule has 3 nitrogen and oxygen atoms in total. The average Bonchev–Trinajstić information content (AvgIpc) is 1.83. The summed E-state index contributed by atoms with van der Waals surface area (Å²) in [5, 5.41) is 0. The molecule has 4 heteroatoms. The van der Waals surface area contributed by atoms with E-state index in [0.29, 0.717) is 3.57 Å². The third-order valence-corrected chi connectivity index (χ3v) is 1.73. The molecular weight excluding hydrogens is 231 g/mol. The number of hydrogen-bond donors (Lipinski definition) is 2. The molecule has 0 saturated carbocycles. The molecule has 1 aromatic heterocycles. The van der Waals surface area contributed by atoms with Gasteiger partial charge in [0.2, 0.25) is 5.43 Å². The Balaban J connectivity index is 3.43. The standard InChI is InChI=1S/C5H5IN2O/c6-3-1-8-2-4(7)5(3)9/h1-2H,7H2,(H,8,9). The molecule has 1 rings (SSSR count). The van der Waals surface area contributed by atoms with Gasteiger partial charge in [-0.1, -0.05) is 0 Å². The molecule has 3 N–H and O–H groups in total. The van der Waals surface area contributed by atoms with E-state index in [2.05, 4.69) is 4.98 Å². The molecule has 0 aliphatic rings. The summed E-state index contributed by atoms with van der Waals surface area (Å²) >= 11 is 1.93. The van der Waals surface area contributed by atoms with Crippen LogP contribution in [0.2, 0.25) is 0 Å². The monoisotopic (exact) mass is 236 g/mol. The number of nitrogen functional groups attached to an aromatic ring is 1. The van der Waals surface area contributed by atoms with Gasteiger partial charge in [0, 0.05) is 12.4 Å². The van der Waals surface area contributed by atoms with Crippen LogP contribution in [0.4, 0.5) is 5.69 Å². The second-order valence-electron chi connectivity index (χ2n) is 1.59. The van der Waals surface area contributed by atoms with Crippen LogP contribution >= 0.6 is 22.6 Å². The maximum absolute atomic E-state index is 10.8. The smallest absolute Gasteiger partial charge is 0.217 e. The summed E-state index contributed by atoms with van der Waals surface area (Å²) in [5.41, 5.74) is 5.44. The molecule has 0 saturated heterocycles. The normalized spacial score (nSPS) is 9.44. The molecule has 1 heterocycles. The molecule has 0 bridgehead atoms. The van der Waals surface area contributed by atoms with Crippen LogP contribution in [0.15, 0.2) is 17.2 Å². The topological polar surface area (TPSA) is 58.9 Å². The number of pyridine rings is 1. The largest absolute Gasteiger partial charge is 0.394 e. The number of anilines is 1. The molecular formula is C5H5IN2O. The first-order chi connectivity index (χ1) is 4.22. The van der Waals surface area contributed by atoms with Gasteiger partial charge < -0.3 is 10.7 Å². The van der Waals surface area contributed by atoms with Crippen LogP contribution in [-0.2, 0) is 0 Å². The molecule has 0 atom stereocenters. The van der Waals surface area contributed by atoms with Crippen LogP contribution in [0.3, 0.4) is 0 Å². The Bertz CT molecular complexity index is 245. The van der Waals surface area contributed by atoms with Crippen molar-refractivity contribution >= 4 is 28.3 Å². The first-order valence-corrected chi connectivity index (χ1v) is 3.42. The van der Waals surface area contributed by atoms with Crippen molar-refractivity contribution in [2.45, 2.75) is 0 Å². The lowest BCUT2D eigenvalue weighted by Gasteiger charge is -1.89. The van der Waals surface area contributed by atoms with Gasteiger partial charge in [0.15, 0.2) is 0 Å². The quantitative estimate of drug-likeness (QED) is 0.646. The van der Waals surface area contributed by atoms with E-state index in [0.717, 1.165) is 0 Å². The van der Waals surface area contributed by atoms with Crippen molar-refractivity contribution in [1.29, 1.82) is 0 Å². The van der Waals surface area contributed by atoms with Gasteiger partial charge in [0.05, 0.1) is 9.26 Å². The maximum Gasteiger partial charge on any atom is 0.217 e. The van der Waals surface area contributed by atoms with E-state index in [1.54, 1.807) is 6.20 Å². The summed E-state index contributed by atoms with van der Waals surface area (Å²) < 4.78 is 0.618. The van der Waals surface area contributed by atoms with Crippen LogP contribution < -0.4 is 11.2 Å². The number of aromatic nitrogens is 1. The lowest BCUT2D eigenvalue weighted by atomic mass is 10.4. The molecule has 48 valence electrons. The molecule has 9 heavy (non-hydrogen) atoms. The zero-order valence-corrected chi connectivity index (χ0v) is 6.68. The minimum absolute atomic E-state index is 0.102. The van der Waals surface area contributed by atoms with Crippen LogP contribution in [0.25, 0.3) is 0 Å². The van der Waals surface area contributed by atoms with Gasteiger partial charge in [-0.2, -0.15) is 0 Å². The highest BCUT2D eigenvalue weighted by molar-refractivity contribution is 14.1. The SMILES string of the molecule is Nc1c[nH]cc(I)c1=O. The fraction of sp³-hybridized carbons (Fsp3) is 0. The molecule has 0 fully saturated rings. The molecule has 0 aliphatic carbocycles. The second-order valence-corrected chi connectivity index (χ2v) is 2.75. The zero-order valence-electron chi connectivity index (χ0n) is 4.52. The summed E-state index contributed by atoms with van der Waals surface area (Å²) in [7, 11) is 0. The van der Waals surface area contributed by atoms with Gasteiger partial charge in [0.1, 0.15) is 0 Å². The number of aromatic amines is 1. The third kappa shape index (κ3) is 1.24. The van der Waals surface area contributed by atoms with Crippen molar-refractivity contribution < 1.29 is 0 Å². The van der Waals surface area contributed by atoms with Gasteiger partial charge >= 0.3 is 0 Å². The highest BCUT2D eigenvalue weighted by Crippen LogP contribution is 1.96. The molecule has 0 aromatic carbocycles. The summed E-state index contributed by atoms with van der Waals surface area (Å²) in [5.74, 6) is 0. The van der Waals surface area contributed by atoms with Gasteiger partial charge in [-0.05, 0) is 22.6 Å². The van der Waals surface area contributed by atoms with Crippen molar-refractivity contribution in [2.75, 3.05) is 5.73 Å². The maximum atomic E-state index is 10.8. The number of nitrogens with two attached hydrogens (primary N) is 1. The van der Waals surface area contributed by atoms with Gasteiger partial charge in [-0.3, -0.25) is 4.79 Å². The first kappa shape index (κ1) is 6.60. The third-order valence-electron chi connectivity index (χ3n) is 0.928. The van der Waals surface area contributed by atoms with Crippen LogP contribution in [-0.4, -0.2) is 4.98 Å². The predicted molar refractivity (Wildman–Crippen MR) is 44.2 cm³/mol. The molecule has 0 radical (unpaired) electrons. The van der Waals surface area contributed by atoms with E-state index < -0.39 is 0 Å². The van der Waals surface area contributed by atoms with Crippen molar-refractivity contribution in [3.05, 3.63) is 26.2 Å². The Morgan fingerprint density at radius 1 is 1.56 bits per heavy atom. The van der Waals surface area contributed by atoms with Crippen molar-refractivity contribution in [3.8, 4) is 0 Å². The summed E-state index contributed by atoms with van der Waals surface area (Å²) in [6, 6.07) is 0. The van der Waals surface area contributed by atoms with Crippen LogP contribution in [0.5, 0.6) is 0 Å². The van der Waals surface area contributed by atoms with Crippen molar-refractivity contribution in [3.63, 3.8) is 0 Å². The lowest BCUT2D eigenvalue weighted by molar-refractivity contribution is 1.28. The molecule has 0 unspecified atom stereocenters. The number of nitrogens with one attached hydrogen (secondary N) is 1. The first-order valence-electron chi connectivity index (χ1n) is 2.34. The fourth-order valence-corrected chi connectivity index (χ4v) is 0.965. The van der Waals surface area contributed by atoms with E-state index in [1.807, 2.05) is 22.6 Å². The number of rotatable bonds is 0.